The van der Waals surface area contributed by atoms with Crippen LogP contribution in [0.25, 0.3) is 0 Å². The SMILES string of the molecule is COCCN(C)S(=O)(=O)CCOc1cccc(N)c1. The first-order valence-corrected chi connectivity index (χ1v) is 7.48. The van der Waals surface area contributed by atoms with Crippen LogP contribution in [0.5, 0.6) is 5.75 Å². The molecule has 0 heterocycles. The Balaban J connectivity index is 2.43. The van der Waals surface area contributed by atoms with Crippen LogP contribution in [0.15, 0.2) is 24.3 Å². The van der Waals surface area contributed by atoms with Gasteiger partial charge in [-0.2, -0.15) is 0 Å². The molecule has 0 aliphatic heterocycles. The highest BCUT2D eigenvalue weighted by Gasteiger charge is 2.17. The molecule has 0 spiro atoms. The first kappa shape index (κ1) is 15.7. The predicted molar refractivity (Wildman–Crippen MR) is 74.6 cm³/mol. The normalized spacial score (nSPS) is 11.7. The molecule has 6 nitrogen and oxygen atoms in total. The van der Waals surface area contributed by atoms with E-state index < -0.39 is 10.0 Å². The number of nitrogens with two attached hydrogens (primary N) is 1. The fraction of sp³-hybridized carbons (Fsp3) is 0.500. The van der Waals surface area contributed by atoms with Crippen LogP contribution in [0.1, 0.15) is 0 Å². The van der Waals surface area contributed by atoms with Gasteiger partial charge in [-0.3, -0.25) is 0 Å². The summed E-state index contributed by atoms with van der Waals surface area (Å²) < 4.78 is 35.2. The molecule has 0 unspecified atom stereocenters. The van der Waals surface area contributed by atoms with Crippen LogP contribution in [0.2, 0.25) is 0 Å². The zero-order valence-corrected chi connectivity index (χ0v) is 12.0. The Kier molecular flexibility index (Phi) is 6.07. The molecule has 0 aliphatic rings. The van der Waals surface area contributed by atoms with Gasteiger partial charge in [0.15, 0.2) is 0 Å². The lowest BCUT2D eigenvalue weighted by atomic mass is 10.3. The molecular weight excluding hydrogens is 268 g/mol. The minimum atomic E-state index is -3.32. The van der Waals surface area contributed by atoms with Crippen molar-refractivity contribution in [2.45, 2.75) is 0 Å². The van der Waals surface area contributed by atoms with E-state index in [2.05, 4.69) is 0 Å². The first-order valence-electron chi connectivity index (χ1n) is 5.87. The van der Waals surface area contributed by atoms with Crippen LogP contribution < -0.4 is 10.5 Å². The molecule has 0 atom stereocenters. The monoisotopic (exact) mass is 288 g/mol. The number of hydrogen-bond donors (Lipinski definition) is 1. The number of ether oxygens (including phenoxy) is 2. The van der Waals surface area contributed by atoms with Gasteiger partial charge >= 0.3 is 0 Å². The number of nitrogens with zero attached hydrogens (tertiary/aromatic N) is 1. The Bertz CT molecular complexity index is 490. The van der Waals surface area contributed by atoms with Crippen LogP contribution in [0, 0.1) is 0 Å². The number of anilines is 1. The molecule has 0 saturated carbocycles. The molecular formula is C12H20N2O4S. The van der Waals surface area contributed by atoms with Crippen LogP contribution in [-0.4, -0.2) is 52.4 Å². The second-order valence-corrected chi connectivity index (χ2v) is 6.25. The number of nitrogen functional groups attached to an aromatic ring is 1. The molecule has 1 rings (SSSR count). The smallest absolute Gasteiger partial charge is 0.217 e. The summed E-state index contributed by atoms with van der Waals surface area (Å²) in [6, 6.07) is 6.88. The van der Waals surface area contributed by atoms with Gasteiger partial charge in [0.2, 0.25) is 10.0 Å². The zero-order valence-electron chi connectivity index (χ0n) is 11.2. The molecule has 19 heavy (non-hydrogen) atoms. The van der Waals surface area contributed by atoms with Gasteiger partial charge in [0, 0.05) is 32.5 Å². The highest BCUT2D eigenvalue weighted by molar-refractivity contribution is 7.89. The maximum Gasteiger partial charge on any atom is 0.217 e. The fourth-order valence-electron chi connectivity index (χ4n) is 1.38. The number of rotatable bonds is 8. The van der Waals surface area contributed by atoms with Crippen molar-refractivity contribution >= 4 is 15.7 Å². The third kappa shape index (κ3) is 5.46. The Morgan fingerprint density at radius 1 is 1.32 bits per heavy atom. The molecule has 0 radical (unpaired) electrons. The Morgan fingerprint density at radius 2 is 2.05 bits per heavy atom. The van der Waals surface area contributed by atoms with Crippen molar-refractivity contribution in [3.8, 4) is 5.75 Å². The van der Waals surface area contributed by atoms with E-state index in [1.807, 2.05) is 0 Å². The van der Waals surface area contributed by atoms with E-state index in [9.17, 15) is 8.42 Å². The van der Waals surface area contributed by atoms with Gasteiger partial charge < -0.3 is 15.2 Å². The maximum atomic E-state index is 11.9. The summed E-state index contributed by atoms with van der Waals surface area (Å²) >= 11 is 0. The van der Waals surface area contributed by atoms with Gasteiger partial charge in [-0.25, -0.2) is 12.7 Å². The molecule has 0 saturated heterocycles. The van der Waals surface area contributed by atoms with Crippen molar-refractivity contribution in [1.29, 1.82) is 0 Å². The molecule has 108 valence electrons. The number of likely N-dealkylation sites (N-methyl/N-ethyl adjacent to an activating group) is 1. The average molecular weight is 288 g/mol. The maximum absolute atomic E-state index is 11.9. The van der Waals surface area contributed by atoms with Gasteiger partial charge in [-0.1, -0.05) is 6.07 Å². The number of methoxy groups -OCH3 is 1. The highest BCUT2D eigenvalue weighted by Crippen LogP contribution is 2.14. The fourth-order valence-corrected chi connectivity index (χ4v) is 2.34. The lowest BCUT2D eigenvalue weighted by molar-refractivity contribution is 0.185. The summed E-state index contributed by atoms with van der Waals surface area (Å²) in [6.45, 7) is 0.784. The molecule has 0 aromatic heterocycles. The summed E-state index contributed by atoms with van der Waals surface area (Å²) in [5.74, 6) is 0.483. The predicted octanol–water partition coefficient (Wildman–Crippen LogP) is 0.556. The molecule has 1 aromatic carbocycles. The summed E-state index contributed by atoms with van der Waals surface area (Å²) in [6.07, 6.45) is 0. The van der Waals surface area contributed by atoms with Gasteiger partial charge in [0.1, 0.15) is 12.4 Å². The van der Waals surface area contributed by atoms with Gasteiger partial charge in [-0.05, 0) is 12.1 Å². The van der Waals surface area contributed by atoms with Crippen molar-refractivity contribution in [3.63, 3.8) is 0 Å². The van der Waals surface area contributed by atoms with E-state index in [1.54, 1.807) is 24.3 Å². The third-order valence-electron chi connectivity index (χ3n) is 2.55. The van der Waals surface area contributed by atoms with Crippen LogP contribution in [-0.2, 0) is 14.8 Å². The summed E-state index contributed by atoms with van der Waals surface area (Å²) in [5.41, 5.74) is 6.18. The van der Waals surface area contributed by atoms with E-state index in [-0.39, 0.29) is 12.4 Å². The average Bonchev–Trinajstić information content (AvgIpc) is 2.35. The number of sulfonamides is 1. The number of hydrogen-bond acceptors (Lipinski definition) is 5. The van der Waals surface area contributed by atoms with Crippen molar-refractivity contribution in [2.75, 3.05) is 45.4 Å². The summed E-state index contributed by atoms with van der Waals surface area (Å²) in [5, 5.41) is 0. The van der Waals surface area contributed by atoms with E-state index in [0.29, 0.717) is 24.6 Å². The van der Waals surface area contributed by atoms with E-state index >= 15 is 0 Å². The summed E-state index contributed by atoms with van der Waals surface area (Å²) in [7, 11) is -0.262. The van der Waals surface area contributed by atoms with Crippen LogP contribution in [0.3, 0.4) is 0 Å². The molecule has 7 heteroatoms. The van der Waals surface area contributed by atoms with Crippen LogP contribution >= 0.6 is 0 Å². The quantitative estimate of drug-likeness (QED) is 0.707. The minimum absolute atomic E-state index is 0.0813. The van der Waals surface area contributed by atoms with Gasteiger partial charge in [0.05, 0.1) is 12.4 Å². The standard InChI is InChI=1S/C12H20N2O4S/c1-14(6-7-17-2)19(15,16)9-8-18-12-5-3-4-11(13)10-12/h3-5,10H,6-9,13H2,1-2H3. The van der Waals surface area contributed by atoms with Gasteiger partial charge in [0.25, 0.3) is 0 Å². The topological polar surface area (TPSA) is 81.9 Å². The molecule has 0 bridgehead atoms. The lowest BCUT2D eigenvalue weighted by Crippen LogP contribution is -2.33. The van der Waals surface area contributed by atoms with E-state index in [1.165, 1.54) is 18.5 Å². The molecule has 0 amide bonds. The van der Waals surface area contributed by atoms with Gasteiger partial charge in [-0.15, -0.1) is 0 Å². The molecule has 0 aliphatic carbocycles. The van der Waals surface area contributed by atoms with E-state index in [0.717, 1.165) is 0 Å². The first-order chi connectivity index (χ1) is 8.95. The van der Waals surface area contributed by atoms with Crippen molar-refractivity contribution in [1.82, 2.24) is 4.31 Å². The Labute approximate surface area is 114 Å². The second-order valence-electron chi connectivity index (χ2n) is 4.05. The zero-order chi connectivity index (χ0) is 14.3. The van der Waals surface area contributed by atoms with E-state index in [4.69, 9.17) is 15.2 Å². The molecule has 1 aromatic rings. The highest BCUT2D eigenvalue weighted by atomic mass is 32.2. The third-order valence-corrected chi connectivity index (χ3v) is 4.37. The molecule has 0 fully saturated rings. The summed E-state index contributed by atoms with van der Waals surface area (Å²) in [4.78, 5) is 0. The number of benzene rings is 1. The lowest BCUT2D eigenvalue weighted by Gasteiger charge is -2.16. The van der Waals surface area contributed by atoms with Crippen molar-refractivity contribution < 1.29 is 17.9 Å². The van der Waals surface area contributed by atoms with Crippen molar-refractivity contribution in [3.05, 3.63) is 24.3 Å². The van der Waals surface area contributed by atoms with Crippen LogP contribution in [0.4, 0.5) is 5.69 Å². The van der Waals surface area contributed by atoms with Crippen molar-refractivity contribution in [2.24, 2.45) is 0 Å². The largest absolute Gasteiger partial charge is 0.492 e. The Morgan fingerprint density at radius 3 is 2.68 bits per heavy atom. The second kappa shape index (κ2) is 7.32. The molecule has 2 N–H and O–H groups in total. The minimum Gasteiger partial charge on any atom is -0.492 e. The Hall–Kier alpha value is -1.31.